The molecule has 0 unspecified atom stereocenters. The topological polar surface area (TPSA) is 38.3 Å². The molecule has 0 aromatic carbocycles. The van der Waals surface area contributed by atoms with Crippen LogP contribution in [0.4, 0.5) is 0 Å². The second-order valence-electron chi connectivity index (χ2n) is 2.28. The van der Waals surface area contributed by atoms with Gasteiger partial charge in [-0.3, -0.25) is 4.79 Å². The lowest BCUT2D eigenvalue weighted by Crippen LogP contribution is -2.34. The zero-order chi connectivity index (χ0) is 7.98. The third-order valence-electron chi connectivity index (χ3n) is 1.15. The van der Waals surface area contributed by atoms with Crippen molar-refractivity contribution in [1.29, 1.82) is 0 Å². The quantitative estimate of drug-likeness (QED) is 0.627. The van der Waals surface area contributed by atoms with Crippen LogP contribution in [-0.4, -0.2) is 25.7 Å². The lowest BCUT2D eigenvalue weighted by atomic mass is 10.3. The summed E-state index contributed by atoms with van der Waals surface area (Å²) in [5.41, 5.74) is 0. The van der Waals surface area contributed by atoms with Crippen LogP contribution in [0.2, 0.25) is 0 Å². The molecular formula is C7H15NO2. The molecule has 0 aliphatic heterocycles. The number of amides is 1. The van der Waals surface area contributed by atoms with Gasteiger partial charge in [0.05, 0.1) is 6.61 Å². The fraction of sp³-hybridized carbons (Fsp3) is 0.857. The van der Waals surface area contributed by atoms with E-state index in [0.29, 0.717) is 13.0 Å². The van der Waals surface area contributed by atoms with E-state index in [4.69, 9.17) is 4.74 Å². The predicted molar refractivity (Wildman–Crippen MR) is 39.8 cm³/mol. The minimum absolute atomic E-state index is 0.0737. The van der Waals surface area contributed by atoms with Crippen LogP contribution in [0.5, 0.6) is 0 Å². The van der Waals surface area contributed by atoms with Gasteiger partial charge in [-0.15, -0.1) is 0 Å². The van der Waals surface area contributed by atoms with Crippen LogP contribution in [0.25, 0.3) is 0 Å². The van der Waals surface area contributed by atoms with Crippen LogP contribution >= 0.6 is 0 Å². The molecule has 0 aromatic heterocycles. The fourth-order valence-corrected chi connectivity index (χ4v) is 0.669. The van der Waals surface area contributed by atoms with E-state index in [9.17, 15) is 4.79 Å². The Kier molecular flexibility index (Phi) is 4.94. The Balaban J connectivity index is 3.37. The van der Waals surface area contributed by atoms with E-state index in [-0.39, 0.29) is 11.9 Å². The predicted octanol–water partition coefficient (Wildman–Crippen LogP) is 0.547. The van der Waals surface area contributed by atoms with E-state index in [1.54, 1.807) is 7.11 Å². The van der Waals surface area contributed by atoms with Gasteiger partial charge in [-0.25, -0.2) is 0 Å². The number of hydrogen-bond donors (Lipinski definition) is 1. The van der Waals surface area contributed by atoms with Gasteiger partial charge in [-0.2, -0.15) is 0 Å². The highest BCUT2D eigenvalue weighted by Gasteiger charge is 2.02. The maximum absolute atomic E-state index is 10.7. The fourth-order valence-electron chi connectivity index (χ4n) is 0.669. The maximum atomic E-state index is 10.7. The highest BCUT2D eigenvalue weighted by atomic mass is 16.5. The summed E-state index contributed by atoms with van der Waals surface area (Å²) in [6.45, 7) is 4.32. The zero-order valence-electron chi connectivity index (χ0n) is 6.81. The van der Waals surface area contributed by atoms with Crippen LogP contribution in [0.3, 0.4) is 0 Å². The van der Waals surface area contributed by atoms with Crippen molar-refractivity contribution in [3.05, 3.63) is 0 Å². The summed E-state index contributed by atoms with van der Waals surface area (Å²) in [5, 5.41) is 2.77. The molecule has 60 valence electrons. The highest BCUT2D eigenvalue weighted by Crippen LogP contribution is 1.83. The molecule has 0 aliphatic rings. The molecule has 0 heterocycles. The van der Waals surface area contributed by atoms with Crippen LogP contribution in [0.15, 0.2) is 0 Å². The van der Waals surface area contributed by atoms with Crippen molar-refractivity contribution >= 4 is 5.91 Å². The van der Waals surface area contributed by atoms with Gasteiger partial charge in [0.2, 0.25) is 5.91 Å². The first-order valence-corrected chi connectivity index (χ1v) is 3.49. The number of ether oxygens (including phenoxy) is 1. The van der Waals surface area contributed by atoms with E-state index >= 15 is 0 Å². The third-order valence-corrected chi connectivity index (χ3v) is 1.15. The molecule has 0 bridgehead atoms. The largest absolute Gasteiger partial charge is 0.383 e. The van der Waals surface area contributed by atoms with E-state index in [1.165, 1.54) is 0 Å². The van der Waals surface area contributed by atoms with Crippen LogP contribution in [0.1, 0.15) is 20.3 Å². The molecule has 3 nitrogen and oxygen atoms in total. The standard InChI is InChI=1S/C7H15NO2/c1-4-7(9)8-6(2)5-10-3/h6H,4-5H2,1-3H3,(H,8,9)/t6-/m0/s1. The summed E-state index contributed by atoms with van der Waals surface area (Å²) >= 11 is 0. The van der Waals surface area contributed by atoms with Gasteiger partial charge in [-0.05, 0) is 6.92 Å². The summed E-state index contributed by atoms with van der Waals surface area (Å²) < 4.78 is 4.83. The number of methoxy groups -OCH3 is 1. The van der Waals surface area contributed by atoms with Gasteiger partial charge in [-0.1, -0.05) is 6.92 Å². The number of nitrogens with one attached hydrogen (secondary N) is 1. The molecular weight excluding hydrogens is 130 g/mol. The lowest BCUT2D eigenvalue weighted by molar-refractivity contribution is -0.121. The number of carbonyl (C=O) groups excluding carboxylic acids is 1. The molecule has 0 aliphatic carbocycles. The van der Waals surface area contributed by atoms with Crippen molar-refractivity contribution in [1.82, 2.24) is 5.32 Å². The maximum Gasteiger partial charge on any atom is 0.220 e. The van der Waals surface area contributed by atoms with Gasteiger partial charge in [0, 0.05) is 19.6 Å². The zero-order valence-corrected chi connectivity index (χ0v) is 6.81. The molecule has 0 fully saturated rings. The Labute approximate surface area is 61.8 Å². The van der Waals surface area contributed by atoms with Crippen LogP contribution in [0, 0.1) is 0 Å². The smallest absolute Gasteiger partial charge is 0.220 e. The first kappa shape index (κ1) is 9.43. The molecule has 0 spiro atoms. The van der Waals surface area contributed by atoms with Gasteiger partial charge < -0.3 is 10.1 Å². The Morgan fingerprint density at radius 1 is 1.70 bits per heavy atom. The molecule has 0 saturated carbocycles. The van der Waals surface area contributed by atoms with Crippen LogP contribution < -0.4 is 5.32 Å². The average molecular weight is 145 g/mol. The lowest BCUT2D eigenvalue weighted by Gasteiger charge is -2.10. The first-order valence-electron chi connectivity index (χ1n) is 3.49. The molecule has 3 heteroatoms. The minimum atomic E-state index is 0.0737. The molecule has 0 aromatic rings. The van der Waals surface area contributed by atoms with Crippen molar-refractivity contribution < 1.29 is 9.53 Å². The van der Waals surface area contributed by atoms with Gasteiger partial charge in [0.1, 0.15) is 0 Å². The Hall–Kier alpha value is -0.570. The Bertz CT molecular complexity index is 104. The second-order valence-corrected chi connectivity index (χ2v) is 2.28. The molecule has 1 amide bonds. The summed E-state index contributed by atoms with van der Waals surface area (Å²) in [6.07, 6.45) is 0.536. The minimum Gasteiger partial charge on any atom is -0.383 e. The van der Waals surface area contributed by atoms with Crippen molar-refractivity contribution in [2.75, 3.05) is 13.7 Å². The monoisotopic (exact) mass is 145 g/mol. The summed E-state index contributed by atoms with van der Waals surface area (Å²) in [6, 6.07) is 0.123. The first-order chi connectivity index (χ1) is 4.70. The van der Waals surface area contributed by atoms with Crippen molar-refractivity contribution in [3.63, 3.8) is 0 Å². The van der Waals surface area contributed by atoms with Gasteiger partial charge in [0.25, 0.3) is 0 Å². The molecule has 0 rings (SSSR count). The van der Waals surface area contributed by atoms with E-state index in [1.807, 2.05) is 13.8 Å². The molecule has 1 atom stereocenters. The summed E-state index contributed by atoms with van der Waals surface area (Å²) in [5.74, 6) is 0.0737. The van der Waals surface area contributed by atoms with Crippen molar-refractivity contribution in [2.24, 2.45) is 0 Å². The van der Waals surface area contributed by atoms with E-state index < -0.39 is 0 Å². The third kappa shape index (κ3) is 4.32. The van der Waals surface area contributed by atoms with Gasteiger partial charge in [0.15, 0.2) is 0 Å². The van der Waals surface area contributed by atoms with E-state index in [2.05, 4.69) is 5.32 Å². The summed E-state index contributed by atoms with van der Waals surface area (Å²) in [7, 11) is 1.62. The number of hydrogen-bond acceptors (Lipinski definition) is 2. The molecule has 0 radical (unpaired) electrons. The Morgan fingerprint density at radius 2 is 2.30 bits per heavy atom. The van der Waals surface area contributed by atoms with Crippen molar-refractivity contribution in [3.8, 4) is 0 Å². The average Bonchev–Trinajstić information content (AvgIpc) is 1.88. The second kappa shape index (κ2) is 5.23. The molecule has 10 heavy (non-hydrogen) atoms. The SMILES string of the molecule is CCC(=O)N[C@@H](C)COC. The highest BCUT2D eigenvalue weighted by molar-refractivity contribution is 5.75. The van der Waals surface area contributed by atoms with E-state index in [0.717, 1.165) is 0 Å². The molecule has 1 N–H and O–H groups in total. The number of rotatable bonds is 4. The van der Waals surface area contributed by atoms with Crippen molar-refractivity contribution in [2.45, 2.75) is 26.3 Å². The molecule has 0 saturated heterocycles. The normalized spacial score (nSPS) is 12.7. The van der Waals surface area contributed by atoms with Gasteiger partial charge >= 0.3 is 0 Å². The van der Waals surface area contributed by atoms with Crippen LogP contribution in [-0.2, 0) is 9.53 Å². The summed E-state index contributed by atoms with van der Waals surface area (Å²) in [4.78, 5) is 10.7. The Morgan fingerprint density at radius 3 is 2.70 bits per heavy atom. The number of carbonyl (C=O) groups is 1.